The van der Waals surface area contributed by atoms with Gasteiger partial charge in [0.25, 0.3) is 0 Å². The summed E-state index contributed by atoms with van der Waals surface area (Å²) in [5.74, 6) is 0.698. The molecule has 1 rings (SSSR count). The van der Waals surface area contributed by atoms with Crippen molar-refractivity contribution in [2.24, 2.45) is 0 Å². The van der Waals surface area contributed by atoms with Gasteiger partial charge < -0.3 is 5.32 Å². The van der Waals surface area contributed by atoms with Crippen LogP contribution in [0, 0.1) is 0 Å². The normalized spacial score (nSPS) is 10.3. The summed E-state index contributed by atoms with van der Waals surface area (Å²) in [4.78, 5) is 0. The third kappa shape index (κ3) is 5.08. The second-order valence-corrected chi connectivity index (χ2v) is 4.15. The fourth-order valence-electron chi connectivity index (χ4n) is 1.51. The third-order valence-corrected chi connectivity index (χ3v) is 2.64. The van der Waals surface area contributed by atoms with Crippen molar-refractivity contribution in [1.82, 2.24) is 0 Å². The van der Waals surface area contributed by atoms with Gasteiger partial charge in [0, 0.05) is 18.1 Å². The predicted molar refractivity (Wildman–Crippen MR) is 68.9 cm³/mol. The molecule has 84 valence electrons. The van der Waals surface area contributed by atoms with Crippen LogP contribution in [0.3, 0.4) is 0 Å². The number of halogens is 1. The minimum atomic E-state index is 0.698. The Kier molecular flexibility index (Phi) is 6.26. The van der Waals surface area contributed by atoms with Crippen molar-refractivity contribution in [2.75, 3.05) is 17.7 Å². The lowest BCUT2D eigenvalue weighted by Gasteiger charge is -2.06. The highest BCUT2D eigenvalue weighted by Crippen LogP contribution is 2.10. The number of nitrogens with one attached hydrogen (secondary N) is 1. The molecule has 0 unspecified atom stereocenters. The Balaban J connectivity index is 2.29. The lowest BCUT2D eigenvalue weighted by Crippen LogP contribution is -2.01. The SMILES string of the molecule is CCCCCNc1ccc(CCCl)cc1. The monoisotopic (exact) mass is 225 g/mol. The molecule has 0 aliphatic heterocycles. The van der Waals surface area contributed by atoms with Crippen molar-refractivity contribution >= 4 is 17.3 Å². The Morgan fingerprint density at radius 1 is 1.13 bits per heavy atom. The number of alkyl halides is 1. The van der Waals surface area contributed by atoms with Crippen LogP contribution < -0.4 is 5.32 Å². The van der Waals surface area contributed by atoms with Gasteiger partial charge in [-0.15, -0.1) is 11.6 Å². The van der Waals surface area contributed by atoms with Crippen molar-refractivity contribution < 1.29 is 0 Å². The minimum Gasteiger partial charge on any atom is -0.385 e. The number of hydrogen-bond donors (Lipinski definition) is 1. The van der Waals surface area contributed by atoms with Gasteiger partial charge in [-0.1, -0.05) is 31.9 Å². The van der Waals surface area contributed by atoms with Gasteiger partial charge in [-0.25, -0.2) is 0 Å². The first kappa shape index (κ1) is 12.4. The Hall–Kier alpha value is -0.690. The molecule has 0 heterocycles. The van der Waals surface area contributed by atoms with E-state index in [0.717, 1.165) is 13.0 Å². The Morgan fingerprint density at radius 2 is 1.87 bits per heavy atom. The summed E-state index contributed by atoms with van der Waals surface area (Å²) < 4.78 is 0. The van der Waals surface area contributed by atoms with Crippen LogP contribution in [0.4, 0.5) is 5.69 Å². The topological polar surface area (TPSA) is 12.0 Å². The zero-order chi connectivity index (χ0) is 10.9. The Bertz CT molecular complexity index is 256. The van der Waals surface area contributed by atoms with Crippen LogP contribution in [0.2, 0.25) is 0 Å². The first-order valence-electron chi connectivity index (χ1n) is 5.75. The van der Waals surface area contributed by atoms with E-state index in [1.807, 2.05) is 0 Å². The van der Waals surface area contributed by atoms with Gasteiger partial charge in [0.1, 0.15) is 0 Å². The van der Waals surface area contributed by atoms with Crippen LogP contribution in [0.15, 0.2) is 24.3 Å². The molecule has 0 aliphatic carbocycles. The van der Waals surface area contributed by atoms with Crippen LogP contribution >= 0.6 is 11.6 Å². The minimum absolute atomic E-state index is 0.698. The van der Waals surface area contributed by atoms with Crippen molar-refractivity contribution in [3.05, 3.63) is 29.8 Å². The van der Waals surface area contributed by atoms with Gasteiger partial charge in [0.05, 0.1) is 0 Å². The van der Waals surface area contributed by atoms with E-state index >= 15 is 0 Å². The average Bonchev–Trinajstić information content (AvgIpc) is 2.27. The third-order valence-electron chi connectivity index (χ3n) is 2.45. The number of hydrogen-bond acceptors (Lipinski definition) is 1. The molecule has 0 atom stereocenters. The molecular formula is C13H20ClN. The zero-order valence-corrected chi connectivity index (χ0v) is 10.2. The van der Waals surface area contributed by atoms with Crippen molar-refractivity contribution in [3.63, 3.8) is 0 Å². The van der Waals surface area contributed by atoms with E-state index in [1.165, 1.54) is 30.5 Å². The van der Waals surface area contributed by atoms with Gasteiger partial charge in [-0.2, -0.15) is 0 Å². The summed E-state index contributed by atoms with van der Waals surface area (Å²) in [6.07, 6.45) is 4.78. The molecule has 0 spiro atoms. The first-order valence-corrected chi connectivity index (χ1v) is 6.29. The fourth-order valence-corrected chi connectivity index (χ4v) is 1.72. The van der Waals surface area contributed by atoms with Crippen LogP contribution in [0.1, 0.15) is 31.7 Å². The smallest absolute Gasteiger partial charge is 0.0340 e. The van der Waals surface area contributed by atoms with Gasteiger partial charge in [0.15, 0.2) is 0 Å². The van der Waals surface area contributed by atoms with Gasteiger partial charge >= 0.3 is 0 Å². The lowest BCUT2D eigenvalue weighted by molar-refractivity contribution is 0.744. The van der Waals surface area contributed by atoms with E-state index in [2.05, 4.69) is 36.5 Å². The molecular weight excluding hydrogens is 206 g/mol. The zero-order valence-electron chi connectivity index (χ0n) is 9.43. The van der Waals surface area contributed by atoms with Crippen molar-refractivity contribution in [3.8, 4) is 0 Å². The van der Waals surface area contributed by atoms with E-state index in [4.69, 9.17) is 11.6 Å². The molecule has 1 nitrogen and oxygen atoms in total. The first-order chi connectivity index (χ1) is 7.36. The van der Waals surface area contributed by atoms with Crippen LogP contribution in [-0.4, -0.2) is 12.4 Å². The molecule has 15 heavy (non-hydrogen) atoms. The molecule has 0 saturated heterocycles. The number of aryl methyl sites for hydroxylation is 1. The Labute approximate surface area is 97.8 Å². The molecule has 0 radical (unpaired) electrons. The maximum atomic E-state index is 5.68. The van der Waals surface area contributed by atoms with Crippen molar-refractivity contribution in [2.45, 2.75) is 32.6 Å². The summed E-state index contributed by atoms with van der Waals surface area (Å²) in [6, 6.07) is 8.55. The van der Waals surface area contributed by atoms with Crippen LogP contribution in [0.25, 0.3) is 0 Å². The van der Waals surface area contributed by atoms with Crippen LogP contribution in [-0.2, 0) is 6.42 Å². The highest BCUT2D eigenvalue weighted by Gasteiger charge is 1.93. The number of unbranched alkanes of at least 4 members (excludes halogenated alkanes) is 2. The molecule has 1 aromatic carbocycles. The molecule has 0 aliphatic rings. The molecule has 2 heteroatoms. The molecule has 1 aromatic rings. The number of anilines is 1. The van der Waals surface area contributed by atoms with E-state index in [-0.39, 0.29) is 0 Å². The van der Waals surface area contributed by atoms with E-state index < -0.39 is 0 Å². The maximum absolute atomic E-state index is 5.68. The summed E-state index contributed by atoms with van der Waals surface area (Å²) >= 11 is 5.68. The standard InChI is InChI=1S/C13H20ClN/c1-2-3-4-11-15-13-7-5-12(6-8-13)9-10-14/h5-8,15H,2-4,9-11H2,1H3. The highest BCUT2D eigenvalue weighted by atomic mass is 35.5. The quantitative estimate of drug-likeness (QED) is 0.545. The summed E-state index contributed by atoms with van der Waals surface area (Å²) in [5.41, 5.74) is 2.52. The fraction of sp³-hybridized carbons (Fsp3) is 0.538. The molecule has 0 aromatic heterocycles. The van der Waals surface area contributed by atoms with Crippen LogP contribution in [0.5, 0.6) is 0 Å². The largest absolute Gasteiger partial charge is 0.385 e. The summed E-state index contributed by atoms with van der Waals surface area (Å²) in [6.45, 7) is 3.30. The molecule has 0 saturated carbocycles. The maximum Gasteiger partial charge on any atom is 0.0340 e. The predicted octanol–water partition coefficient (Wildman–Crippen LogP) is 4.07. The van der Waals surface area contributed by atoms with Crippen molar-refractivity contribution in [1.29, 1.82) is 0 Å². The van der Waals surface area contributed by atoms with E-state index in [9.17, 15) is 0 Å². The molecule has 0 amide bonds. The van der Waals surface area contributed by atoms with E-state index in [0.29, 0.717) is 5.88 Å². The number of benzene rings is 1. The molecule has 1 N–H and O–H groups in total. The Morgan fingerprint density at radius 3 is 2.47 bits per heavy atom. The lowest BCUT2D eigenvalue weighted by atomic mass is 10.1. The second kappa shape index (κ2) is 7.58. The summed E-state index contributed by atoms with van der Waals surface area (Å²) in [5, 5.41) is 3.42. The molecule has 0 fully saturated rings. The molecule has 0 bridgehead atoms. The van der Waals surface area contributed by atoms with Gasteiger partial charge in [0.2, 0.25) is 0 Å². The summed E-state index contributed by atoms with van der Waals surface area (Å²) in [7, 11) is 0. The van der Waals surface area contributed by atoms with E-state index in [1.54, 1.807) is 0 Å². The number of rotatable bonds is 7. The highest BCUT2D eigenvalue weighted by molar-refractivity contribution is 6.17. The average molecular weight is 226 g/mol. The van der Waals surface area contributed by atoms with Gasteiger partial charge in [-0.3, -0.25) is 0 Å². The van der Waals surface area contributed by atoms with Gasteiger partial charge in [-0.05, 0) is 30.5 Å². The second-order valence-electron chi connectivity index (χ2n) is 3.77.